The van der Waals surface area contributed by atoms with Crippen LogP contribution in [0.4, 0.5) is 4.39 Å². The van der Waals surface area contributed by atoms with Crippen LogP contribution in [0.25, 0.3) is 6.08 Å². The molecular formula is C15H18FNO4. The van der Waals surface area contributed by atoms with Crippen LogP contribution < -0.4 is 10.1 Å². The van der Waals surface area contributed by atoms with Crippen molar-refractivity contribution in [3.8, 4) is 5.75 Å². The van der Waals surface area contributed by atoms with Crippen LogP contribution in [-0.2, 0) is 9.59 Å². The number of methoxy groups -OCH3 is 1. The van der Waals surface area contributed by atoms with Crippen LogP contribution in [-0.4, -0.2) is 29.6 Å². The fourth-order valence-electron chi connectivity index (χ4n) is 1.56. The summed E-state index contributed by atoms with van der Waals surface area (Å²) in [6.07, 6.45) is 2.81. The highest BCUT2D eigenvalue weighted by atomic mass is 19.1. The molecule has 5 nitrogen and oxygen atoms in total. The van der Waals surface area contributed by atoms with E-state index in [2.05, 4.69) is 5.32 Å². The van der Waals surface area contributed by atoms with E-state index in [1.807, 2.05) is 0 Å². The molecule has 21 heavy (non-hydrogen) atoms. The number of benzene rings is 1. The smallest absolute Gasteiger partial charge is 0.329 e. The van der Waals surface area contributed by atoms with Gasteiger partial charge in [-0.3, -0.25) is 4.79 Å². The second kappa shape index (κ2) is 6.88. The lowest BCUT2D eigenvalue weighted by molar-refractivity contribution is -0.146. The SMILES string of the molecule is CCC(C)(NC(=O)C=Cc1ccc(OC)c(F)c1)C(=O)O. The average molecular weight is 295 g/mol. The number of hydrogen-bond acceptors (Lipinski definition) is 3. The van der Waals surface area contributed by atoms with Crippen LogP contribution >= 0.6 is 0 Å². The Morgan fingerprint density at radius 1 is 1.48 bits per heavy atom. The summed E-state index contributed by atoms with van der Waals surface area (Å²) >= 11 is 0. The highest BCUT2D eigenvalue weighted by Gasteiger charge is 2.31. The van der Waals surface area contributed by atoms with Gasteiger partial charge in [-0.15, -0.1) is 0 Å². The van der Waals surface area contributed by atoms with Crippen molar-refractivity contribution in [1.29, 1.82) is 0 Å². The summed E-state index contributed by atoms with van der Waals surface area (Å²) in [6, 6.07) is 4.25. The Hall–Kier alpha value is -2.37. The van der Waals surface area contributed by atoms with Gasteiger partial charge < -0.3 is 15.2 Å². The van der Waals surface area contributed by atoms with Crippen molar-refractivity contribution in [1.82, 2.24) is 5.32 Å². The van der Waals surface area contributed by atoms with Crippen LogP contribution in [0.2, 0.25) is 0 Å². The lowest BCUT2D eigenvalue weighted by Crippen LogP contribution is -2.51. The van der Waals surface area contributed by atoms with E-state index in [0.717, 1.165) is 6.08 Å². The third kappa shape index (κ3) is 4.30. The zero-order valence-electron chi connectivity index (χ0n) is 12.1. The monoisotopic (exact) mass is 295 g/mol. The van der Waals surface area contributed by atoms with E-state index in [0.29, 0.717) is 5.56 Å². The first-order valence-corrected chi connectivity index (χ1v) is 6.39. The number of carboxylic acids is 1. The molecule has 0 heterocycles. The second-order valence-corrected chi connectivity index (χ2v) is 4.71. The highest BCUT2D eigenvalue weighted by molar-refractivity contribution is 5.95. The summed E-state index contributed by atoms with van der Waals surface area (Å²) in [4.78, 5) is 22.8. The summed E-state index contributed by atoms with van der Waals surface area (Å²) in [7, 11) is 1.36. The average Bonchev–Trinajstić information content (AvgIpc) is 2.44. The van der Waals surface area contributed by atoms with Crippen molar-refractivity contribution < 1.29 is 23.8 Å². The number of carboxylic acid groups (broad SMARTS) is 1. The van der Waals surface area contributed by atoms with Gasteiger partial charge in [-0.1, -0.05) is 13.0 Å². The molecule has 6 heteroatoms. The minimum absolute atomic E-state index is 0.112. The van der Waals surface area contributed by atoms with Crippen LogP contribution in [0.3, 0.4) is 0 Å². The summed E-state index contributed by atoms with van der Waals surface area (Å²) in [5.41, 5.74) is -0.857. The maximum atomic E-state index is 13.5. The molecule has 1 amide bonds. The van der Waals surface area contributed by atoms with Crippen molar-refractivity contribution in [2.75, 3.05) is 7.11 Å². The van der Waals surface area contributed by atoms with E-state index in [1.165, 1.54) is 32.2 Å². The summed E-state index contributed by atoms with van der Waals surface area (Å²) in [5.74, 6) is -2.09. The lowest BCUT2D eigenvalue weighted by Gasteiger charge is -2.23. The molecule has 1 aromatic rings. The van der Waals surface area contributed by atoms with Crippen LogP contribution in [0.15, 0.2) is 24.3 Å². The van der Waals surface area contributed by atoms with E-state index in [9.17, 15) is 14.0 Å². The Balaban J connectivity index is 2.79. The van der Waals surface area contributed by atoms with Crippen molar-refractivity contribution in [2.45, 2.75) is 25.8 Å². The van der Waals surface area contributed by atoms with Gasteiger partial charge in [-0.25, -0.2) is 9.18 Å². The summed E-state index contributed by atoms with van der Waals surface area (Å²) in [5, 5.41) is 11.5. The highest BCUT2D eigenvalue weighted by Crippen LogP contribution is 2.18. The number of halogens is 1. The normalized spacial score (nSPS) is 13.7. The standard InChI is InChI=1S/C15H18FNO4/c1-4-15(2,14(19)20)17-13(18)8-6-10-5-7-12(21-3)11(16)9-10/h5-9H,4H2,1-3H3,(H,17,18)(H,19,20). The van der Waals surface area contributed by atoms with Gasteiger partial charge in [0.2, 0.25) is 5.91 Å². The van der Waals surface area contributed by atoms with Gasteiger partial charge in [0.05, 0.1) is 7.11 Å². The van der Waals surface area contributed by atoms with Crippen molar-refractivity contribution in [2.24, 2.45) is 0 Å². The topological polar surface area (TPSA) is 75.6 Å². The summed E-state index contributed by atoms with van der Waals surface area (Å²) < 4.78 is 18.3. The Bertz CT molecular complexity index is 571. The number of nitrogens with one attached hydrogen (secondary N) is 1. The fourth-order valence-corrected chi connectivity index (χ4v) is 1.56. The molecule has 114 valence electrons. The zero-order valence-corrected chi connectivity index (χ0v) is 12.1. The molecule has 1 unspecified atom stereocenters. The Labute approximate surface area is 122 Å². The van der Waals surface area contributed by atoms with Crippen molar-refractivity contribution in [3.63, 3.8) is 0 Å². The van der Waals surface area contributed by atoms with Crippen molar-refractivity contribution >= 4 is 18.0 Å². The molecule has 0 radical (unpaired) electrons. The van der Waals surface area contributed by atoms with Crippen LogP contribution in [0, 0.1) is 5.82 Å². The van der Waals surface area contributed by atoms with Crippen molar-refractivity contribution in [3.05, 3.63) is 35.7 Å². The number of hydrogen-bond donors (Lipinski definition) is 2. The molecule has 0 aliphatic carbocycles. The van der Waals surface area contributed by atoms with Crippen LogP contribution in [0.1, 0.15) is 25.8 Å². The predicted octanol–water partition coefficient (Wildman–Crippen LogP) is 2.22. The Morgan fingerprint density at radius 3 is 2.62 bits per heavy atom. The van der Waals surface area contributed by atoms with E-state index >= 15 is 0 Å². The zero-order chi connectivity index (χ0) is 16.0. The van der Waals surface area contributed by atoms with Crippen LogP contribution in [0.5, 0.6) is 5.75 Å². The third-order valence-corrected chi connectivity index (χ3v) is 3.18. The molecular weight excluding hydrogens is 277 g/mol. The second-order valence-electron chi connectivity index (χ2n) is 4.71. The van der Waals surface area contributed by atoms with Gasteiger partial charge in [-0.05, 0) is 37.1 Å². The Morgan fingerprint density at radius 2 is 2.14 bits per heavy atom. The molecule has 1 aromatic carbocycles. The molecule has 2 N–H and O–H groups in total. The number of carbonyl (C=O) groups is 2. The maximum absolute atomic E-state index is 13.5. The van der Waals surface area contributed by atoms with Gasteiger partial charge in [-0.2, -0.15) is 0 Å². The quantitative estimate of drug-likeness (QED) is 0.789. The third-order valence-electron chi connectivity index (χ3n) is 3.18. The van der Waals surface area contributed by atoms with Gasteiger partial charge in [0.25, 0.3) is 0 Å². The predicted molar refractivity (Wildman–Crippen MR) is 76.5 cm³/mol. The molecule has 0 bridgehead atoms. The van der Waals surface area contributed by atoms with E-state index in [4.69, 9.17) is 9.84 Å². The fraction of sp³-hybridized carbons (Fsp3) is 0.333. The van der Waals surface area contributed by atoms with Gasteiger partial charge in [0.1, 0.15) is 5.54 Å². The summed E-state index contributed by atoms with van der Waals surface area (Å²) in [6.45, 7) is 3.09. The first-order valence-electron chi connectivity index (χ1n) is 6.39. The molecule has 0 aromatic heterocycles. The largest absolute Gasteiger partial charge is 0.494 e. The first kappa shape index (κ1) is 16.7. The molecule has 1 rings (SSSR count). The van der Waals surface area contributed by atoms with Gasteiger partial charge >= 0.3 is 5.97 Å². The number of amides is 1. The molecule has 0 aliphatic heterocycles. The lowest BCUT2D eigenvalue weighted by atomic mass is 9.99. The van der Waals surface area contributed by atoms with E-state index in [1.54, 1.807) is 13.0 Å². The maximum Gasteiger partial charge on any atom is 0.329 e. The van der Waals surface area contributed by atoms with Gasteiger partial charge in [0, 0.05) is 6.08 Å². The molecule has 0 fully saturated rings. The van der Waals surface area contributed by atoms with E-state index < -0.39 is 23.2 Å². The van der Waals surface area contributed by atoms with E-state index in [-0.39, 0.29) is 12.2 Å². The molecule has 0 aliphatic rings. The number of rotatable bonds is 6. The number of carbonyl (C=O) groups excluding carboxylic acids is 1. The molecule has 1 atom stereocenters. The first-order chi connectivity index (χ1) is 9.82. The minimum atomic E-state index is -1.33. The molecule has 0 spiro atoms. The molecule has 0 saturated carbocycles. The number of aliphatic carboxylic acids is 1. The number of ether oxygens (including phenoxy) is 1. The van der Waals surface area contributed by atoms with Gasteiger partial charge in [0.15, 0.2) is 11.6 Å². The Kier molecular flexibility index (Phi) is 5.46. The molecule has 0 saturated heterocycles. The minimum Gasteiger partial charge on any atom is -0.494 e.